The molecule has 4 aromatic rings. The average molecular weight is 487 g/mol. The van der Waals surface area contributed by atoms with Gasteiger partial charge in [-0.05, 0) is 43.3 Å². The maximum absolute atomic E-state index is 13.7. The Balaban J connectivity index is 1.43. The van der Waals surface area contributed by atoms with Gasteiger partial charge in [-0.15, -0.1) is 0 Å². The summed E-state index contributed by atoms with van der Waals surface area (Å²) in [7, 11) is 0. The van der Waals surface area contributed by atoms with Crippen LogP contribution >= 0.6 is 11.6 Å². The molecule has 0 bridgehead atoms. The van der Waals surface area contributed by atoms with Gasteiger partial charge in [0, 0.05) is 60.0 Å². The van der Waals surface area contributed by atoms with Gasteiger partial charge in [-0.2, -0.15) is 0 Å². The van der Waals surface area contributed by atoms with Crippen molar-refractivity contribution in [2.75, 3.05) is 31.1 Å². The Labute approximate surface area is 207 Å². The van der Waals surface area contributed by atoms with Crippen LogP contribution in [0.2, 0.25) is 5.02 Å². The second-order valence-corrected chi connectivity index (χ2v) is 9.02. The molecule has 0 N–H and O–H groups in total. The number of anilines is 1. The lowest BCUT2D eigenvalue weighted by Crippen LogP contribution is -2.48. The largest absolute Gasteiger partial charge is 0.368 e. The molecule has 1 aromatic heterocycles. The molecule has 176 valence electrons. The van der Waals surface area contributed by atoms with Crippen molar-refractivity contribution in [2.24, 2.45) is 0 Å². The highest BCUT2D eigenvalue weighted by Gasteiger charge is 2.25. The van der Waals surface area contributed by atoms with Crippen molar-refractivity contribution in [1.82, 2.24) is 9.88 Å². The van der Waals surface area contributed by atoms with Crippen molar-refractivity contribution in [3.63, 3.8) is 0 Å². The minimum atomic E-state index is -0.405. The van der Waals surface area contributed by atoms with Crippen LogP contribution in [0.25, 0.3) is 22.2 Å². The molecule has 0 atom stereocenters. The lowest BCUT2D eigenvalue weighted by molar-refractivity contribution is -0.384. The number of hydrogen-bond acceptors (Lipinski definition) is 5. The number of carbonyl (C=O) groups excluding carboxylic acids is 1. The second-order valence-electron chi connectivity index (χ2n) is 8.61. The van der Waals surface area contributed by atoms with E-state index in [2.05, 4.69) is 4.90 Å². The molecule has 1 aliphatic rings. The quantitative estimate of drug-likeness (QED) is 0.271. The van der Waals surface area contributed by atoms with Crippen LogP contribution in [0, 0.1) is 17.0 Å². The third kappa shape index (κ3) is 4.55. The van der Waals surface area contributed by atoms with Crippen molar-refractivity contribution >= 4 is 39.8 Å². The zero-order chi connectivity index (χ0) is 24.5. The monoisotopic (exact) mass is 486 g/mol. The van der Waals surface area contributed by atoms with Crippen molar-refractivity contribution in [3.8, 4) is 11.3 Å². The van der Waals surface area contributed by atoms with E-state index in [-0.39, 0.29) is 11.6 Å². The lowest BCUT2D eigenvalue weighted by atomic mass is 10.0. The second kappa shape index (κ2) is 9.35. The first-order valence-electron chi connectivity index (χ1n) is 11.4. The molecule has 3 aromatic carbocycles. The van der Waals surface area contributed by atoms with Crippen LogP contribution in [0.4, 0.5) is 11.4 Å². The molecular formula is C27H23ClN4O3. The molecule has 2 heterocycles. The first-order valence-corrected chi connectivity index (χ1v) is 11.7. The van der Waals surface area contributed by atoms with Crippen LogP contribution in [-0.2, 0) is 0 Å². The van der Waals surface area contributed by atoms with E-state index in [0.29, 0.717) is 42.5 Å². The molecule has 1 amide bonds. The molecule has 0 aliphatic carbocycles. The summed E-state index contributed by atoms with van der Waals surface area (Å²) in [5.41, 5.74) is 4.85. The fraction of sp³-hybridized carbons (Fsp3) is 0.185. The molecule has 8 heteroatoms. The molecule has 1 aliphatic heterocycles. The number of nitrogens with zero attached hydrogens (tertiary/aromatic N) is 4. The first kappa shape index (κ1) is 22.8. The summed E-state index contributed by atoms with van der Waals surface area (Å²) in [6.07, 6.45) is 0. The third-order valence-corrected chi connectivity index (χ3v) is 6.67. The fourth-order valence-electron chi connectivity index (χ4n) is 4.45. The van der Waals surface area contributed by atoms with Gasteiger partial charge in [0.05, 0.1) is 21.7 Å². The summed E-state index contributed by atoms with van der Waals surface area (Å²) in [6, 6.07) is 21.8. The van der Waals surface area contributed by atoms with Gasteiger partial charge in [0.2, 0.25) is 0 Å². The summed E-state index contributed by atoms with van der Waals surface area (Å²) < 4.78 is 0. The predicted octanol–water partition coefficient (Wildman–Crippen LogP) is 5.73. The highest BCUT2D eigenvalue weighted by molar-refractivity contribution is 6.33. The minimum Gasteiger partial charge on any atom is -0.368 e. The maximum Gasteiger partial charge on any atom is 0.269 e. The molecule has 0 saturated carbocycles. The van der Waals surface area contributed by atoms with Crippen LogP contribution in [0.3, 0.4) is 0 Å². The van der Waals surface area contributed by atoms with Gasteiger partial charge in [0.15, 0.2) is 0 Å². The lowest BCUT2D eigenvalue weighted by Gasteiger charge is -2.36. The normalized spacial score (nSPS) is 13.8. The van der Waals surface area contributed by atoms with Gasteiger partial charge < -0.3 is 9.80 Å². The van der Waals surface area contributed by atoms with E-state index in [0.717, 1.165) is 27.7 Å². The Morgan fingerprint density at radius 3 is 2.37 bits per heavy atom. The van der Waals surface area contributed by atoms with Gasteiger partial charge >= 0.3 is 0 Å². The van der Waals surface area contributed by atoms with E-state index in [1.807, 2.05) is 60.4 Å². The number of piperazine rings is 1. The van der Waals surface area contributed by atoms with E-state index in [1.54, 1.807) is 12.1 Å². The third-order valence-electron chi connectivity index (χ3n) is 6.34. The number of pyridine rings is 1. The van der Waals surface area contributed by atoms with Gasteiger partial charge in [0.25, 0.3) is 11.6 Å². The average Bonchev–Trinajstić information content (AvgIpc) is 2.88. The highest BCUT2D eigenvalue weighted by Crippen LogP contribution is 2.31. The standard InChI is InChI=1S/C27H23ClN4O3/c1-18-6-11-25-22(16-18)23(17-26(29-25)21-4-2-3-5-24(21)28)27(33)31-14-12-30(13-15-31)19-7-9-20(10-8-19)32(34)35/h2-11,16-17H,12-15H2,1H3. The van der Waals surface area contributed by atoms with Crippen LogP contribution in [0.15, 0.2) is 72.8 Å². The number of amides is 1. The zero-order valence-corrected chi connectivity index (χ0v) is 19.9. The number of fused-ring (bicyclic) bond motifs is 1. The molecule has 1 saturated heterocycles. The number of nitro benzene ring substituents is 1. The maximum atomic E-state index is 13.7. The van der Waals surface area contributed by atoms with Gasteiger partial charge in [-0.1, -0.05) is 41.4 Å². The fourth-order valence-corrected chi connectivity index (χ4v) is 4.68. The van der Waals surface area contributed by atoms with Crippen LogP contribution < -0.4 is 4.90 Å². The summed E-state index contributed by atoms with van der Waals surface area (Å²) in [4.78, 5) is 33.0. The SMILES string of the molecule is Cc1ccc2nc(-c3ccccc3Cl)cc(C(=O)N3CCN(c4ccc([N+](=O)[O-])cc4)CC3)c2c1. The van der Waals surface area contributed by atoms with Crippen molar-refractivity contribution in [2.45, 2.75) is 6.92 Å². The Morgan fingerprint density at radius 2 is 1.69 bits per heavy atom. The van der Waals surface area contributed by atoms with Crippen molar-refractivity contribution < 1.29 is 9.72 Å². The number of aromatic nitrogens is 1. The molecule has 0 spiro atoms. The topological polar surface area (TPSA) is 79.6 Å². The van der Waals surface area contributed by atoms with E-state index in [9.17, 15) is 14.9 Å². The number of carbonyl (C=O) groups is 1. The minimum absolute atomic E-state index is 0.0420. The number of hydrogen-bond donors (Lipinski definition) is 0. The number of aryl methyl sites for hydroxylation is 1. The van der Waals surface area contributed by atoms with Crippen molar-refractivity contribution in [1.29, 1.82) is 0 Å². The van der Waals surface area contributed by atoms with Gasteiger partial charge in [-0.3, -0.25) is 14.9 Å². The summed E-state index contributed by atoms with van der Waals surface area (Å²) in [5.74, 6) is -0.0420. The first-order chi connectivity index (χ1) is 16.9. The number of benzene rings is 3. The predicted molar refractivity (Wildman–Crippen MR) is 138 cm³/mol. The van der Waals surface area contributed by atoms with Crippen LogP contribution in [0.5, 0.6) is 0 Å². The van der Waals surface area contributed by atoms with Crippen LogP contribution in [-0.4, -0.2) is 46.9 Å². The smallest absolute Gasteiger partial charge is 0.269 e. The van der Waals surface area contributed by atoms with Gasteiger partial charge in [-0.25, -0.2) is 4.98 Å². The van der Waals surface area contributed by atoms with E-state index in [1.165, 1.54) is 12.1 Å². The number of rotatable bonds is 4. The van der Waals surface area contributed by atoms with E-state index in [4.69, 9.17) is 16.6 Å². The van der Waals surface area contributed by atoms with Crippen LogP contribution in [0.1, 0.15) is 15.9 Å². The van der Waals surface area contributed by atoms with E-state index >= 15 is 0 Å². The Hall–Kier alpha value is -3.97. The summed E-state index contributed by atoms with van der Waals surface area (Å²) in [5, 5.41) is 12.3. The molecule has 0 radical (unpaired) electrons. The van der Waals surface area contributed by atoms with Crippen molar-refractivity contribution in [3.05, 3.63) is 99.1 Å². The molecule has 1 fully saturated rings. The van der Waals surface area contributed by atoms with Gasteiger partial charge in [0.1, 0.15) is 0 Å². The zero-order valence-electron chi connectivity index (χ0n) is 19.1. The Kier molecular flexibility index (Phi) is 6.09. The number of halogens is 1. The molecule has 5 rings (SSSR count). The molecule has 35 heavy (non-hydrogen) atoms. The Bertz CT molecular complexity index is 1430. The summed E-state index contributed by atoms with van der Waals surface area (Å²) in [6.45, 7) is 4.38. The molecule has 7 nitrogen and oxygen atoms in total. The molecular weight excluding hydrogens is 464 g/mol. The number of nitro groups is 1. The number of non-ortho nitro benzene ring substituents is 1. The summed E-state index contributed by atoms with van der Waals surface area (Å²) >= 11 is 6.44. The molecule has 0 unspecified atom stereocenters. The highest BCUT2D eigenvalue weighted by atomic mass is 35.5. The Morgan fingerprint density at radius 1 is 0.971 bits per heavy atom. The van der Waals surface area contributed by atoms with E-state index < -0.39 is 4.92 Å².